The summed E-state index contributed by atoms with van der Waals surface area (Å²) < 4.78 is 13.2. The van der Waals surface area contributed by atoms with Crippen LogP contribution in [0.4, 0.5) is 4.39 Å². The van der Waals surface area contributed by atoms with E-state index < -0.39 is 6.10 Å². The molecule has 0 spiro atoms. The Balaban J connectivity index is 1.95. The fraction of sp³-hybridized carbons (Fsp3) is 0.409. The summed E-state index contributed by atoms with van der Waals surface area (Å²) in [7, 11) is 3.97. The number of hydrogen-bond acceptors (Lipinski definition) is 3. The van der Waals surface area contributed by atoms with Crippen molar-refractivity contribution in [3.63, 3.8) is 0 Å². The number of rotatable bonds is 9. The molecule has 0 radical (unpaired) electrons. The van der Waals surface area contributed by atoms with Crippen LogP contribution in [-0.2, 0) is 0 Å². The Morgan fingerprint density at radius 1 is 1.04 bits per heavy atom. The molecular formula is C22H31FN4O. The highest BCUT2D eigenvalue weighted by molar-refractivity contribution is 5.79. The van der Waals surface area contributed by atoms with Crippen LogP contribution >= 0.6 is 0 Å². The molecule has 5 nitrogen and oxygen atoms in total. The van der Waals surface area contributed by atoms with Crippen molar-refractivity contribution in [1.29, 1.82) is 0 Å². The number of aliphatic hydroxyl groups excluding tert-OH is 1. The van der Waals surface area contributed by atoms with Crippen molar-refractivity contribution in [1.82, 2.24) is 15.5 Å². The summed E-state index contributed by atoms with van der Waals surface area (Å²) in [6.07, 6.45) is 0.0778. The largest absolute Gasteiger partial charge is 0.388 e. The van der Waals surface area contributed by atoms with Crippen LogP contribution in [0.1, 0.15) is 36.6 Å². The fourth-order valence-corrected chi connectivity index (χ4v) is 2.94. The highest BCUT2D eigenvalue weighted by Crippen LogP contribution is 2.19. The molecule has 0 aliphatic rings. The maximum atomic E-state index is 13.2. The van der Waals surface area contributed by atoms with E-state index in [1.54, 1.807) is 12.1 Å². The van der Waals surface area contributed by atoms with E-state index >= 15 is 0 Å². The van der Waals surface area contributed by atoms with Crippen LogP contribution in [0, 0.1) is 5.82 Å². The Bertz CT molecular complexity index is 719. The van der Waals surface area contributed by atoms with E-state index in [9.17, 15) is 9.50 Å². The van der Waals surface area contributed by atoms with Crippen molar-refractivity contribution in [2.45, 2.75) is 25.5 Å². The lowest BCUT2D eigenvalue weighted by molar-refractivity contribution is 0.168. The minimum absolute atomic E-state index is 0.0472. The van der Waals surface area contributed by atoms with Gasteiger partial charge in [-0.15, -0.1) is 0 Å². The molecular weight excluding hydrogens is 355 g/mol. The quantitative estimate of drug-likeness (QED) is 0.458. The summed E-state index contributed by atoms with van der Waals surface area (Å²) in [5.74, 6) is 0.466. The van der Waals surface area contributed by atoms with Gasteiger partial charge in [0.25, 0.3) is 0 Å². The number of halogens is 1. The molecule has 0 fully saturated rings. The number of nitrogens with one attached hydrogen (secondary N) is 2. The van der Waals surface area contributed by atoms with E-state index in [4.69, 9.17) is 0 Å². The monoisotopic (exact) mass is 386 g/mol. The number of aliphatic hydroxyl groups is 1. The van der Waals surface area contributed by atoms with Crippen LogP contribution < -0.4 is 10.6 Å². The first-order valence-electron chi connectivity index (χ1n) is 9.68. The van der Waals surface area contributed by atoms with Crippen molar-refractivity contribution >= 4 is 5.96 Å². The van der Waals surface area contributed by atoms with E-state index in [0.717, 1.165) is 17.7 Å². The third-order valence-electron chi connectivity index (χ3n) is 4.54. The maximum absolute atomic E-state index is 13.2. The van der Waals surface area contributed by atoms with E-state index in [1.807, 2.05) is 51.4 Å². The molecule has 2 rings (SSSR count). The summed E-state index contributed by atoms with van der Waals surface area (Å²) in [6, 6.07) is 16.2. The van der Waals surface area contributed by atoms with Crippen molar-refractivity contribution in [3.05, 3.63) is 71.5 Å². The van der Waals surface area contributed by atoms with Gasteiger partial charge in [-0.2, -0.15) is 0 Å². The van der Waals surface area contributed by atoms with Gasteiger partial charge in [0, 0.05) is 13.1 Å². The molecule has 0 saturated carbocycles. The molecule has 0 bridgehead atoms. The summed E-state index contributed by atoms with van der Waals surface area (Å²) in [6.45, 7) is 3.90. The highest BCUT2D eigenvalue weighted by Gasteiger charge is 2.14. The van der Waals surface area contributed by atoms with Gasteiger partial charge < -0.3 is 20.6 Å². The van der Waals surface area contributed by atoms with Crippen molar-refractivity contribution in [3.8, 4) is 0 Å². The normalized spacial score (nSPS) is 14.0. The number of nitrogens with zero attached hydrogens (tertiary/aromatic N) is 2. The zero-order valence-corrected chi connectivity index (χ0v) is 16.9. The van der Waals surface area contributed by atoms with Crippen LogP contribution in [0.25, 0.3) is 0 Å². The number of guanidine groups is 1. The second-order valence-electron chi connectivity index (χ2n) is 6.89. The minimum Gasteiger partial charge on any atom is -0.388 e. The Hall–Kier alpha value is -2.44. The zero-order valence-electron chi connectivity index (χ0n) is 16.9. The molecule has 3 N–H and O–H groups in total. The molecule has 2 unspecified atom stereocenters. The molecule has 0 amide bonds. The van der Waals surface area contributed by atoms with Crippen LogP contribution in [0.3, 0.4) is 0 Å². The maximum Gasteiger partial charge on any atom is 0.191 e. The second-order valence-corrected chi connectivity index (χ2v) is 6.89. The lowest BCUT2D eigenvalue weighted by atomic mass is 10.1. The Kier molecular flexibility index (Phi) is 8.91. The summed E-state index contributed by atoms with van der Waals surface area (Å²) in [5.41, 5.74) is 1.93. The van der Waals surface area contributed by atoms with Crippen molar-refractivity contribution in [2.75, 3.05) is 33.7 Å². The molecule has 2 atom stereocenters. The van der Waals surface area contributed by atoms with Gasteiger partial charge in [0.2, 0.25) is 0 Å². The topological polar surface area (TPSA) is 59.9 Å². The molecule has 0 aliphatic heterocycles. The number of hydrogen-bond donors (Lipinski definition) is 3. The van der Waals surface area contributed by atoms with Gasteiger partial charge in [0.05, 0.1) is 18.7 Å². The van der Waals surface area contributed by atoms with E-state index in [2.05, 4.69) is 20.5 Å². The van der Waals surface area contributed by atoms with Crippen molar-refractivity contribution in [2.24, 2.45) is 4.99 Å². The zero-order chi connectivity index (χ0) is 20.4. The van der Waals surface area contributed by atoms with Gasteiger partial charge in [0.1, 0.15) is 5.82 Å². The summed E-state index contributed by atoms with van der Waals surface area (Å²) in [5, 5.41) is 16.8. The van der Waals surface area contributed by atoms with Crippen LogP contribution in [-0.4, -0.2) is 49.7 Å². The first-order valence-corrected chi connectivity index (χ1v) is 9.68. The fourth-order valence-electron chi connectivity index (χ4n) is 2.94. The molecule has 2 aromatic rings. The van der Waals surface area contributed by atoms with Crippen LogP contribution in [0.2, 0.25) is 0 Å². The van der Waals surface area contributed by atoms with Crippen LogP contribution in [0.5, 0.6) is 0 Å². The molecule has 0 saturated heterocycles. The lowest BCUT2D eigenvalue weighted by Crippen LogP contribution is -2.39. The smallest absolute Gasteiger partial charge is 0.191 e. The third kappa shape index (κ3) is 6.94. The van der Waals surface area contributed by atoms with E-state index in [1.165, 1.54) is 12.1 Å². The minimum atomic E-state index is -0.509. The first-order chi connectivity index (χ1) is 13.5. The van der Waals surface area contributed by atoms with Gasteiger partial charge in [0.15, 0.2) is 5.96 Å². The molecule has 0 aliphatic carbocycles. The third-order valence-corrected chi connectivity index (χ3v) is 4.54. The molecule has 6 heteroatoms. The first kappa shape index (κ1) is 21.9. The molecule has 0 aromatic heterocycles. The van der Waals surface area contributed by atoms with Crippen LogP contribution in [0.15, 0.2) is 59.6 Å². The predicted octanol–water partition coefficient (Wildman–Crippen LogP) is 3.11. The van der Waals surface area contributed by atoms with Gasteiger partial charge in [-0.3, -0.25) is 4.99 Å². The van der Waals surface area contributed by atoms with E-state index in [0.29, 0.717) is 25.5 Å². The van der Waals surface area contributed by atoms with Gasteiger partial charge >= 0.3 is 0 Å². The molecule has 0 heterocycles. The van der Waals surface area contributed by atoms with Gasteiger partial charge in [-0.05, 0) is 50.7 Å². The number of benzene rings is 2. The SMILES string of the molecule is CCNC(=NCC(c1ccc(F)cc1)N(C)C)NCCC(O)c1ccccc1. The Morgan fingerprint density at radius 2 is 1.71 bits per heavy atom. The lowest BCUT2D eigenvalue weighted by Gasteiger charge is -2.24. The van der Waals surface area contributed by atoms with Crippen molar-refractivity contribution < 1.29 is 9.50 Å². The average Bonchev–Trinajstić information content (AvgIpc) is 2.69. The Morgan fingerprint density at radius 3 is 2.32 bits per heavy atom. The molecule has 2 aromatic carbocycles. The average molecular weight is 387 g/mol. The highest BCUT2D eigenvalue weighted by atomic mass is 19.1. The molecule has 152 valence electrons. The molecule has 28 heavy (non-hydrogen) atoms. The number of aliphatic imine (C=N–C) groups is 1. The van der Waals surface area contributed by atoms with Gasteiger partial charge in [-0.25, -0.2) is 4.39 Å². The number of likely N-dealkylation sites (N-methyl/N-ethyl adjacent to an activating group) is 1. The second kappa shape index (κ2) is 11.4. The summed E-state index contributed by atoms with van der Waals surface area (Å²) >= 11 is 0. The standard InChI is InChI=1S/C22H31FN4O/c1-4-24-22(25-15-14-21(28)18-8-6-5-7-9-18)26-16-20(27(2)3)17-10-12-19(23)13-11-17/h5-13,20-21,28H,4,14-16H2,1-3H3,(H2,24,25,26). The van der Waals surface area contributed by atoms with E-state index in [-0.39, 0.29) is 11.9 Å². The van der Waals surface area contributed by atoms with Gasteiger partial charge in [-0.1, -0.05) is 42.5 Å². The Labute approximate surface area is 167 Å². The predicted molar refractivity (Wildman–Crippen MR) is 113 cm³/mol. The summed E-state index contributed by atoms with van der Waals surface area (Å²) in [4.78, 5) is 6.75.